The van der Waals surface area contributed by atoms with E-state index in [1.54, 1.807) is 11.8 Å². The van der Waals surface area contributed by atoms with Gasteiger partial charge in [0.05, 0.1) is 4.87 Å². The van der Waals surface area contributed by atoms with Crippen molar-refractivity contribution in [3.8, 4) is 0 Å². The predicted octanol–water partition coefficient (Wildman–Crippen LogP) is 3.60. The number of hydrogen-bond acceptors (Lipinski definition) is 2. The van der Waals surface area contributed by atoms with Crippen LogP contribution in [0.1, 0.15) is 39.2 Å². The van der Waals surface area contributed by atoms with Gasteiger partial charge in [-0.15, -0.1) is 11.8 Å². The normalized spacial score (nSPS) is 12.1. The first kappa shape index (κ1) is 11.6. The van der Waals surface area contributed by atoms with E-state index in [2.05, 4.69) is 38.1 Å². The van der Waals surface area contributed by atoms with Crippen LogP contribution in [0.5, 0.6) is 0 Å². The van der Waals surface area contributed by atoms with Crippen molar-refractivity contribution < 1.29 is 0 Å². The van der Waals surface area contributed by atoms with Gasteiger partial charge in [0.2, 0.25) is 0 Å². The van der Waals surface area contributed by atoms with Gasteiger partial charge in [0.25, 0.3) is 0 Å². The highest BCUT2D eigenvalue weighted by Gasteiger charge is 2.15. The molecule has 0 unspecified atom stereocenters. The van der Waals surface area contributed by atoms with Crippen LogP contribution >= 0.6 is 11.8 Å². The van der Waals surface area contributed by atoms with E-state index >= 15 is 0 Å². The van der Waals surface area contributed by atoms with Gasteiger partial charge in [0.15, 0.2) is 0 Å². The van der Waals surface area contributed by atoms with E-state index in [0.717, 1.165) is 0 Å². The molecule has 1 nitrogen and oxygen atoms in total. The van der Waals surface area contributed by atoms with Crippen LogP contribution in [0.4, 0.5) is 0 Å². The molecule has 0 aromatic heterocycles. The summed E-state index contributed by atoms with van der Waals surface area (Å²) in [7, 11) is 0. The summed E-state index contributed by atoms with van der Waals surface area (Å²) in [4.78, 5) is 1.10. The van der Waals surface area contributed by atoms with E-state index in [9.17, 15) is 0 Å². The summed E-state index contributed by atoms with van der Waals surface area (Å²) in [6.45, 7) is 8.50. The third kappa shape index (κ3) is 3.35. The molecule has 0 aliphatic rings. The van der Waals surface area contributed by atoms with Gasteiger partial charge in [-0.2, -0.15) is 0 Å². The SMILES string of the molecule is CC(C)c1ccccc1SC(C)(C)N. The largest absolute Gasteiger partial charge is 0.317 e. The Morgan fingerprint density at radius 1 is 1.21 bits per heavy atom. The second kappa shape index (κ2) is 4.37. The lowest BCUT2D eigenvalue weighted by Crippen LogP contribution is -2.27. The standard InChI is InChI=1S/C12H19NS/c1-9(2)10-7-5-6-8-11(10)14-12(3,4)13/h5-9H,13H2,1-4H3. The maximum Gasteiger partial charge on any atom is 0.0610 e. The lowest BCUT2D eigenvalue weighted by Gasteiger charge is -2.21. The van der Waals surface area contributed by atoms with Crippen LogP contribution in [-0.4, -0.2) is 4.87 Å². The van der Waals surface area contributed by atoms with Crippen molar-refractivity contribution in [2.24, 2.45) is 5.73 Å². The molecule has 2 N–H and O–H groups in total. The van der Waals surface area contributed by atoms with Crippen LogP contribution in [0.15, 0.2) is 29.2 Å². The summed E-state index contributed by atoms with van der Waals surface area (Å²) in [6, 6.07) is 8.48. The van der Waals surface area contributed by atoms with Crippen molar-refractivity contribution in [1.29, 1.82) is 0 Å². The molecule has 0 spiro atoms. The average Bonchev–Trinajstić information content (AvgIpc) is 2.01. The number of hydrogen-bond donors (Lipinski definition) is 1. The zero-order valence-electron chi connectivity index (χ0n) is 9.37. The molecule has 0 saturated heterocycles. The van der Waals surface area contributed by atoms with E-state index < -0.39 is 0 Å². The first-order valence-corrected chi connectivity index (χ1v) is 5.78. The molecule has 1 aromatic rings. The molecule has 0 bridgehead atoms. The lowest BCUT2D eigenvalue weighted by atomic mass is 10.0. The molecule has 0 radical (unpaired) electrons. The highest BCUT2D eigenvalue weighted by molar-refractivity contribution is 8.00. The fourth-order valence-electron chi connectivity index (χ4n) is 1.33. The molecule has 1 rings (SSSR count). The summed E-state index contributed by atoms with van der Waals surface area (Å²) in [5, 5.41) is 0. The molecular weight excluding hydrogens is 190 g/mol. The molecule has 14 heavy (non-hydrogen) atoms. The van der Waals surface area contributed by atoms with Crippen LogP contribution in [0.3, 0.4) is 0 Å². The molecule has 78 valence electrons. The maximum atomic E-state index is 6.00. The number of benzene rings is 1. The number of thioether (sulfide) groups is 1. The van der Waals surface area contributed by atoms with Crippen molar-refractivity contribution in [3.05, 3.63) is 29.8 Å². The second-order valence-corrected chi connectivity index (χ2v) is 6.09. The van der Waals surface area contributed by atoms with Crippen molar-refractivity contribution >= 4 is 11.8 Å². The van der Waals surface area contributed by atoms with Gasteiger partial charge >= 0.3 is 0 Å². The quantitative estimate of drug-likeness (QED) is 0.608. The Hall–Kier alpha value is -0.470. The van der Waals surface area contributed by atoms with E-state index in [-0.39, 0.29) is 4.87 Å². The van der Waals surface area contributed by atoms with E-state index in [0.29, 0.717) is 5.92 Å². The summed E-state index contributed by atoms with van der Waals surface area (Å²) in [6.07, 6.45) is 0. The molecule has 1 aromatic carbocycles. The molecule has 2 heteroatoms. The molecule has 0 fully saturated rings. The minimum atomic E-state index is -0.203. The van der Waals surface area contributed by atoms with E-state index in [4.69, 9.17) is 5.73 Å². The van der Waals surface area contributed by atoms with Crippen molar-refractivity contribution in [2.45, 2.75) is 43.4 Å². The molecule has 0 saturated carbocycles. The molecule has 0 atom stereocenters. The third-order valence-corrected chi connectivity index (χ3v) is 3.03. The zero-order valence-corrected chi connectivity index (χ0v) is 10.2. The number of rotatable bonds is 3. The first-order chi connectivity index (χ1) is 6.40. The smallest absolute Gasteiger partial charge is 0.0610 e. The van der Waals surface area contributed by atoms with Gasteiger partial charge in [-0.1, -0.05) is 32.0 Å². The minimum Gasteiger partial charge on any atom is -0.317 e. The van der Waals surface area contributed by atoms with Crippen molar-refractivity contribution in [1.82, 2.24) is 0 Å². The van der Waals surface area contributed by atoms with Crippen LogP contribution in [0.25, 0.3) is 0 Å². The van der Waals surface area contributed by atoms with Crippen molar-refractivity contribution in [3.63, 3.8) is 0 Å². The Morgan fingerprint density at radius 3 is 2.29 bits per heavy atom. The lowest BCUT2D eigenvalue weighted by molar-refractivity contribution is 0.754. The molecular formula is C12H19NS. The Morgan fingerprint density at radius 2 is 1.79 bits per heavy atom. The van der Waals surface area contributed by atoms with Crippen LogP contribution < -0.4 is 5.73 Å². The van der Waals surface area contributed by atoms with Gasteiger partial charge in [-0.05, 0) is 31.4 Å². The topological polar surface area (TPSA) is 26.0 Å². The van der Waals surface area contributed by atoms with E-state index in [1.807, 2.05) is 13.8 Å². The molecule has 0 amide bonds. The molecule has 0 heterocycles. The Labute approximate surface area is 91.1 Å². The zero-order chi connectivity index (χ0) is 10.8. The Kier molecular flexibility index (Phi) is 3.62. The summed E-state index contributed by atoms with van der Waals surface area (Å²) in [5.74, 6) is 0.557. The van der Waals surface area contributed by atoms with Gasteiger partial charge in [0, 0.05) is 4.90 Å². The predicted molar refractivity (Wildman–Crippen MR) is 64.7 cm³/mol. The van der Waals surface area contributed by atoms with Gasteiger partial charge in [0.1, 0.15) is 0 Å². The second-order valence-electron chi connectivity index (χ2n) is 4.40. The van der Waals surface area contributed by atoms with Crippen LogP contribution in [-0.2, 0) is 0 Å². The Balaban J connectivity index is 2.96. The third-order valence-electron chi connectivity index (χ3n) is 1.91. The summed E-state index contributed by atoms with van der Waals surface area (Å²) < 4.78 is 0. The van der Waals surface area contributed by atoms with Gasteiger partial charge in [-0.25, -0.2) is 0 Å². The van der Waals surface area contributed by atoms with Crippen LogP contribution in [0, 0.1) is 0 Å². The van der Waals surface area contributed by atoms with Crippen LogP contribution in [0.2, 0.25) is 0 Å². The van der Waals surface area contributed by atoms with Gasteiger partial charge in [-0.3, -0.25) is 0 Å². The molecule has 0 aliphatic heterocycles. The Bertz CT molecular complexity index is 299. The highest BCUT2D eigenvalue weighted by Crippen LogP contribution is 2.33. The summed E-state index contributed by atoms with van der Waals surface area (Å²) in [5.41, 5.74) is 7.38. The van der Waals surface area contributed by atoms with E-state index in [1.165, 1.54) is 10.5 Å². The molecule has 0 aliphatic carbocycles. The maximum absolute atomic E-state index is 6.00. The fourth-order valence-corrected chi connectivity index (χ4v) is 2.47. The minimum absolute atomic E-state index is 0.203. The fraction of sp³-hybridized carbons (Fsp3) is 0.500. The first-order valence-electron chi connectivity index (χ1n) is 4.97. The average molecular weight is 209 g/mol. The number of nitrogens with two attached hydrogens (primary N) is 1. The van der Waals surface area contributed by atoms with Gasteiger partial charge < -0.3 is 5.73 Å². The summed E-state index contributed by atoms with van der Waals surface area (Å²) >= 11 is 1.73. The van der Waals surface area contributed by atoms with Crippen molar-refractivity contribution in [2.75, 3.05) is 0 Å². The highest BCUT2D eigenvalue weighted by atomic mass is 32.2. The monoisotopic (exact) mass is 209 g/mol.